The lowest BCUT2D eigenvalue weighted by atomic mass is 10.2. The third kappa shape index (κ3) is 3.64. The van der Waals surface area contributed by atoms with Crippen LogP contribution in [0, 0.1) is 0 Å². The van der Waals surface area contributed by atoms with E-state index in [-0.39, 0.29) is 31.2 Å². The van der Waals surface area contributed by atoms with Gasteiger partial charge in [-0.25, -0.2) is 13.2 Å². The molecule has 0 heterocycles. The standard InChI is InChI=1S/C13H8Cl3NO4S/c14-9-5-11(16)12(6-10(9)15)22(20,21)17-8-3-1-2-7(4-8)13(18)19/h1-6,17H,(H,18,19). The largest absolute Gasteiger partial charge is 0.478 e. The molecule has 2 N–H and O–H groups in total. The van der Waals surface area contributed by atoms with Gasteiger partial charge in [0, 0.05) is 5.69 Å². The third-order valence-electron chi connectivity index (χ3n) is 2.63. The summed E-state index contributed by atoms with van der Waals surface area (Å²) in [6.07, 6.45) is 0. The van der Waals surface area contributed by atoms with Crippen LogP contribution in [-0.2, 0) is 10.0 Å². The quantitative estimate of drug-likeness (QED) is 0.781. The Morgan fingerprint density at radius 2 is 1.64 bits per heavy atom. The van der Waals surface area contributed by atoms with Crippen LogP contribution in [0.15, 0.2) is 41.3 Å². The Morgan fingerprint density at radius 1 is 1.00 bits per heavy atom. The minimum Gasteiger partial charge on any atom is -0.478 e. The minimum absolute atomic E-state index is 0.0331. The van der Waals surface area contributed by atoms with Crippen LogP contribution in [0.5, 0.6) is 0 Å². The molecule has 0 saturated heterocycles. The molecule has 0 bridgehead atoms. The molecule has 0 aliphatic carbocycles. The van der Waals surface area contributed by atoms with E-state index in [2.05, 4.69) is 4.72 Å². The van der Waals surface area contributed by atoms with Gasteiger partial charge in [-0.15, -0.1) is 0 Å². The number of aromatic carboxylic acids is 1. The summed E-state index contributed by atoms with van der Waals surface area (Å²) < 4.78 is 26.9. The molecule has 0 aliphatic rings. The van der Waals surface area contributed by atoms with Crippen molar-refractivity contribution in [2.24, 2.45) is 0 Å². The molecule has 116 valence electrons. The van der Waals surface area contributed by atoms with Gasteiger partial charge in [-0.05, 0) is 30.3 Å². The molecule has 2 rings (SSSR count). The highest BCUT2D eigenvalue weighted by atomic mass is 35.5. The normalized spacial score (nSPS) is 11.2. The summed E-state index contributed by atoms with van der Waals surface area (Å²) in [6.45, 7) is 0. The van der Waals surface area contributed by atoms with Gasteiger partial charge >= 0.3 is 5.97 Å². The molecule has 0 aliphatic heterocycles. The molecule has 0 radical (unpaired) electrons. The number of sulfonamides is 1. The number of benzene rings is 2. The second-order valence-electron chi connectivity index (χ2n) is 4.19. The van der Waals surface area contributed by atoms with Crippen LogP contribution >= 0.6 is 34.8 Å². The van der Waals surface area contributed by atoms with E-state index in [9.17, 15) is 13.2 Å². The molecular weight excluding hydrogens is 373 g/mol. The summed E-state index contributed by atoms with van der Waals surface area (Å²) in [6, 6.07) is 7.69. The van der Waals surface area contributed by atoms with Gasteiger partial charge in [0.2, 0.25) is 0 Å². The number of carboxylic acid groups (broad SMARTS) is 1. The lowest BCUT2D eigenvalue weighted by Gasteiger charge is -2.11. The van der Waals surface area contributed by atoms with Gasteiger partial charge in [-0.1, -0.05) is 40.9 Å². The Labute approximate surface area is 141 Å². The highest BCUT2D eigenvalue weighted by Gasteiger charge is 2.20. The number of nitrogens with one attached hydrogen (secondary N) is 1. The van der Waals surface area contributed by atoms with Crippen LogP contribution in [0.1, 0.15) is 10.4 Å². The molecule has 5 nitrogen and oxygen atoms in total. The Balaban J connectivity index is 2.42. The van der Waals surface area contributed by atoms with Gasteiger partial charge in [0.25, 0.3) is 10.0 Å². The second-order valence-corrected chi connectivity index (χ2v) is 7.06. The van der Waals surface area contributed by atoms with Gasteiger partial charge < -0.3 is 5.11 Å². The Bertz CT molecular complexity index is 852. The summed E-state index contributed by atoms with van der Waals surface area (Å²) in [5.41, 5.74) is 0.0301. The molecule has 22 heavy (non-hydrogen) atoms. The monoisotopic (exact) mass is 379 g/mol. The zero-order chi connectivity index (χ0) is 16.5. The average Bonchev–Trinajstić information content (AvgIpc) is 2.42. The molecule has 2 aromatic rings. The summed E-state index contributed by atoms with van der Waals surface area (Å²) in [4.78, 5) is 10.6. The van der Waals surface area contributed by atoms with Crippen LogP contribution < -0.4 is 4.72 Å². The van der Waals surface area contributed by atoms with Crippen LogP contribution in [0.4, 0.5) is 5.69 Å². The van der Waals surface area contributed by atoms with Crippen LogP contribution in [0.2, 0.25) is 15.1 Å². The van der Waals surface area contributed by atoms with Gasteiger partial charge in [0.05, 0.1) is 20.6 Å². The second kappa shape index (κ2) is 6.34. The van der Waals surface area contributed by atoms with Crippen LogP contribution in [0.25, 0.3) is 0 Å². The molecule has 0 unspecified atom stereocenters. The van der Waals surface area contributed by atoms with E-state index >= 15 is 0 Å². The highest BCUT2D eigenvalue weighted by Crippen LogP contribution is 2.32. The number of rotatable bonds is 4. The van der Waals surface area contributed by atoms with Crippen molar-refractivity contribution >= 4 is 56.5 Å². The molecule has 0 amide bonds. The first kappa shape index (κ1) is 16.9. The van der Waals surface area contributed by atoms with Crippen molar-refractivity contribution in [1.82, 2.24) is 0 Å². The Hall–Kier alpha value is -1.47. The van der Waals surface area contributed by atoms with E-state index in [1.165, 1.54) is 30.3 Å². The number of halogens is 3. The maximum atomic E-state index is 12.3. The lowest BCUT2D eigenvalue weighted by molar-refractivity contribution is 0.0697. The van der Waals surface area contributed by atoms with Crippen molar-refractivity contribution in [1.29, 1.82) is 0 Å². The Morgan fingerprint density at radius 3 is 2.27 bits per heavy atom. The number of carboxylic acids is 1. The molecular formula is C13H8Cl3NO4S. The van der Waals surface area contributed by atoms with E-state index in [0.29, 0.717) is 0 Å². The molecule has 0 aromatic heterocycles. The third-order valence-corrected chi connectivity index (χ3v) is 5.19. The van der Waals surface area contributed by atoms with Crippen molar-refractivity contribution in [3.63, 3.8) is 0 Å². The molecule has 2 aromatic carbocycles. The lowest BCUT2D eigenvalue weighted by Crippen LogP contribution is -2.14. The molecule has 0 fully saturated rings. The summed E-state index contributed by atoms with van der Waals surface area (Å²) in [5.74, 6) is -1.17. The van der Waals surface area contributed by atoms with Crippen LogP contribution in [0.3, 0.4) is 0 Å². The highest BCUT2D eigenvalue weighted by molar-refractivity contribution is 7.92. The minimum atomic E-state index is -4.04. The van der Waals surface area contributed by atoms with E-state index in [1.807, 2.05) is 0 Å². The van der Waals surface area contributed by atoms with Gasteiger partial charge in [0.15, 0.2) is 0 Å². The topological polar surface area (TPSA) is 83.5 Å². The van der Waals surface area contributed by atoms with E-state index in [1.54, 1.807) is 0 Å². The van der Waals surface area contributed by atoms with E-state index in [0.717, 1.165) is 6.07 Å². The number of anilines is 1. The van der Waals surface area contributed by atoms with Crippen molar-refractivity contribution < 1.29 is 18.3 Å². The zero-order valence-corrected chi connectivity index (χ0v) is 13.8. The average molecular weight is 381 g/mol. The fraction of sp³-hybridized carbons (Fsp3) is 0. The Kier molecular flexibility index (Phi) is 4.87. The predicted octanol–water partition coefficient (Wildman–Crippen LogP) is 4.15. The SMILES string of the molecule is O=C(O)c1cccc(NS(=O)(=O)c2cc(Cl)c(Cl)cc2Cl)c1. The van der Waals surface area contributed by atoms with Gasteiger partial charge in [0.1, 0.15) is 4.90 Å². The molecule has 0 spiro atoms. The number of hydrogen-bond donors (Lipinski definition) is 2. The fourth-order valence-electron chi connectivity index (χ4n) is 1.64. The first-order valence-electron chi connectivity index (χ1n) is 5.71. The van der Waals surface area contributed by atoms with Crippen molar-refractivity contribution in [3.8, 4) is 0 Å². The fourth-order valence-corrected chi connectivity index (χ4v) is 3.69. The summed E-state index contributed by atoms with van der Waals surface area (Å²) in [7, 11) is -4.04. The van der Waals surface area contributed by atoms with Crippen molar-refractivity contribution in [3.05, 3.63) is 57.0 Å². The number of carbonyl (C=O) groups is 1. The summed E-state index contributed by atoms with van der Waals surface area (Å²) >= 11 is 17.4. The summed E-state index contributed by atoms with van der Waals surface area (Å²) in [5, 5.41) is 8.96. The van der Waals surface area contributed by atoms with E-state index < -0.39 is 16.0 Å². The molecule has 0 atom stereocenters. The van der Waals surface area contributed by atoms with Gasteiger partial charge in [-0.3, -0.25) is 4.72 Å². The first-order chi connectivity index (χ1) is 10.2. The zero-order valence-electron chi connectivity index (χ0n) is 10.7. The van der Waals surface area contributed by atoms with E-state index in [4.69, 9.17) is 39.9 Å². The van der Waals surface area contributed by atoms with Gasteiger partial charge in [-0.2, -0.15) is 0 Å². The van der Waals surface area contributed by atoms with Crippen molar-refractivity contribution in [2.45, 2.75) is 4.90 Å². The molecule has 9 heteroatoms. The predicted molar refractivity (Wildman–Crippen MR) is 85.7 cm³/mol. The first-order valence-corrected chi connectivity index (χ1v) is 8.33. The molecule has 0 saturated carbocycles. The number of hydrogen-bond acceptors (Lipinski definition) is 3. The van der Waals surface area contributed by atoms with Crippen molar-refractivity contribution in [2.75, 3.05) is 4.72 Å². The smallest absolute Gasteiger partial charge is 0.335 e. The maximum absolute atomic E-state index is 12.3. The maximum Gasteiger partial charge on any atom is 0.335 e. The van der Waals surface area contributed by atoms with Crippen LogP contribution in [-0.4, -0.2) is 19.5 Å².